The van der Waals surface area contributed by atoms with Crippen molar-refractivity contribution in [3.63, 3.8) is 0 Å². The average Bonchev–Trinajstić information content (AvgIpc) is 0.715. The van der Waals surface area contributed by atoms with Gasteiger partial charge in [-0.2, -0.15) is 0 Å². The summed E-state index contributed by atoms with van der Waals surface area (Å²) in [5, 5.41) is 0. The minimum absolute atomic E-state index is 0.0133. The van der Waals surface area contributed by atoms with Gasteiger partial charge in [0.05, 0.1) is 11.4 Å². The number of fused-ring (bicyclic) bond motifs is 4. The van der Waals surface area contributed by atoms with Crippen molar-refractivity contribution in [1.29, 1.82) is 0 Å². The molecule has 0 saturated carbocycles. The van der Waals surface area contributed by atoms with Gasteiger partial charge in [0, 0.05) is 45.0 Å². The predicted molar refractivity (Wildman–Crippen MR) is 377 cm³/mol. The lowest BCUT2D eigenvalue weighted by atomic mass is 9.33. The lowest BCUT2D eigenvalue weighted by Crippen LogP contribution is -2.61. The van der Waals surface area contributed by atoms with Crippen LogP contribution in [0.25, 0.3) is 44.5 Å². The van der Waals surface area contributed by atoms with Gasteiger partial charge in [0.2, 0.25) is 0 Å². The number of aryl methyl sites for hydroxylation is 3. The lowest BCUT2D eigenvalue weighted by molar-refractivity contribution is 0.590. The summed E-state index contributed by atoms with van der Waals surface area (Å²) in [6.07, 6.45) is 22.0. The van der Waals surface area contributed by atoms with Gasteiger partial charge in [-0.1, -0.05) is 285 Å². The third-order valence-electron chi connectivity index (χ3n) is 18.7. The van der Waals surface area contributed by atoms with Gasteiger partial charge in [0.25, 0.3) is 6.71 Å². The van der Waals surface area contributed by atoms with Crippen molar-refractivity contribution in [3.8, 4) is 44.5 Å². The summed E-state index contributed by atoms with van der Waals surface area (Å²) < 4.78 is 0. The lowest BCUT2D eigenvalue weighted by Gasteiger charge is -2.46. The van der Waals surface area contributed by atoms with Crippen molar-refractivity contribution in [2.75, 3.05) is 9.80 Å². The summed E-state index contributed by atoms with van der Waals surface area (Å²) in [5.74, 6) is 0. The van der Waals surface area contributed by atoms with Crippen LogP contribution in [0, 0.1) is 0 Å². The van der Waals surface area contributed by atoms with Gasteiger partial charge in [0.1, 0.15) is 0 Å². The average molecular weight is 1130 g/mol. The number of unbranched alkanes of at least 4 members (excludes halogenated alkanes) is 12. The maximum atomic E-state index is 2.77. The number of benzene rings is 9. The monoisotopic (exact) mass is 1130 g/mol. The van der Waals surface area contributed by atoms with Gasteiger partial charge in [-0.15, -0.1) is 0 Å². The van der Waals surface area contributed by atoms with E-state index in [9.17, 15) is 0 Å². The Kier molecular flexibility index (Phi) is 19.0. The van der Waals surface area contributed by atoms with E-state index in [-0.39, 0.29) is 17.5 Å². The quantitative estimate of drug-likeness (QED) is 0.0439. The van der Waals surface area contributed by atoms with Crippen molar-refractivity contribution in [2.45, 2.75) is 189 Å². The Labute approximate surface area is 519 Å². The van der Waals surface area contributed by atoms with Crippen LogP contribution < -0.4 is 26.2 Å². The molecule has 2 aliphatic heterocycles. The van der Waals surface area contributed by atoms with Crippen molar-refractivity contribution in [1.82, 2.24) is 0 Å². The first-order valence-corrected chi connectivity index (χ1v) is 33.5. The number of hydrogen-bond donors (Lipinski definition) is 0. The Bertz CT molecular complexity index is 3650. The number of para-hydroxylation sites is 1. The molecule has 86 heavy (non-hydrogen) atoms. The third kappa shape index (κ3) is 13.0. The summed E-state index contributed by atoms with van der Waals surface area (Å²) in [4.78, 5) is 5.53. The van der Waals surface area contributed by atoms with Gasteiger partial charge in [-0.05, 0) is 164 Å². The van der Waals surface area contributed by atoms with E-state index in [4.69, 9.17) is 0 Å². The molecule has 9 aromatic rings. The molecule has 2 nitrogen and oxygen atoms in total. The van der Waals surface area contributed by atoms with Crippen LogP contribution in [0.2, 0.25) is 0 Å². The van der Waals surface area contributed by atoms with E-state index in [0.29, 0.717) is 0 Å². The molecule has 0 spiro atoms. The zero-order valence-electron chi connectivity index (χ0n) is 53.7. The van der Waals surface area contributed by atoms with E-state index in [1.807, 2.05) is 0 Å². The van der Waals surface area contributed by atoms with Crippen molar-refractivity contribution < 1.29 is 0 Å². The van der Waals surface area contributed by atoms with Crippen molar-refractivity contribution in [2.24, 2.45) is 0 Å². The van der Waals surface area contributed by atoms with Crippen LogP contribution in [0.5, 0.6) is 0 Å². The largest absolute Gasteiger partial charge is 0.310 e. The fraction of sp³-hybridized carbons (Fsp3) is 0.349. The van der Waals surface area contributed by atoms with Crippen LogP contribution in [0.15, 0.2) is 194 Å². The van der Waals surface area contributed by atoms with Crippen LogP contribution in [-0.2, 0) is 30.1 Å². The maximum Gasteiger partial charge on any atom is 0.252 e. The van der Waals surface area contributed by atoms with Gasteiger partial charge in [0.15, 0.2) is 0 Å². The molecule has 0 aromatic heterocycles. The Morgan fingerprint density at radius 1 is 0.302 bits per heavy atom. The summed E-state index contributed by atoms with van der Waals surface area (Å²) in [6, 6.07) is 76.3. The van der Waals surface area contributed by atoms with Crippen LogP contribution in [0.4, 0.5) is 34.1 Å². The van der Waals surface area contributed by atoms with E-state index >= 15 is 0 Å². The molecular weight excluding hydrogens is 1040 g/mol. The highest BCUT2D eigenvalue weighted by molar-refractivity contribution is 7.00. The highest BCUT2D eigenvalue weighted by Gasteiger charge is 2.45. The van der Waals surface area contributed by atoms with Crippen molar-refractivity contribution >= 4 is 57.2 Å². The van der Waals surface area contributed by atoms with E-state index in [2.05, 4.69) is 266 Å². The summed E-state index contributed by atoms with van der Waals surface area (Å²) in [6.45, 7) is 21.2. The van der Waals surface area contributed by atoms with E-state index in [0.717, 1.165) is 25.7 Å². The van der Waals surface area contributed by atoms with E-state index in [1.54, 1.807) is 0 Å². The molecule has 2 heterocycles. The summed E-state index contributed by atoms with van der Waals surface area (Å²) in [7, 11) is 0. The Morgan fingerprint density at radius 2 is 0.663 bits per heavy atom. The standard InChI is InChI=1S/C83H95BN2/c1-10-13-16-19-25-36-60-47-50-66(51-48-60)72-59-68(83(7,8)9)58-71(65-43-32-24-33-44-65)81(72)85-75-46-35-34-45-73(75)84-74-53-61(37-26-20-17-14-11-2)49-52-76(74)86(78-55-62(54-77(85)79(78)84)38-27-21-18-15-12-3)80-69(63-39-28-22-29-40-63)56-67(82(4,5)6)57-70(80)64-41-30-23-31-42-64/h22-24,28-35,39-59H,10-21,25-27,36-38H2,1-9H3. The normalized spacial score (nSPS) is 12.8. The number of anilines is 6. The first-order valence-electron chi connectivity index (χ1n) is 33.5. The second kappa shape index (κ2) is 27.1. The molecule has 0 unspecified atom stereocenters. The number of hydrogen-bond acceptors (Lipinski definition) is 2. The van der Waals surface area contributed by atoms with Crippen molar-refractivity contribution in [3.05, 3.63) is 222 Å². The summed E-state index contributed by atoms with van der Waals surface area (Å²) >= 11 is 0. The molecule has 2 aliphatic rings. The topological polar surface area (TPSA) is 6.48 Å². The molecule has 9 aromatic carbocycles. The Balaban J connectivity index is 1.25. The van der Waals surface area contributed by atoms with Crippen LogP contribution in [0.3, 0.4) is 0 Å². The predicted octanol–water partition coefficient (Wildman–Crippen LogP) is 22.6. The van der Waals surface area contributed by atoms with Crippen LogP contribution in [-0.4, -0.2) is 6.71 Å². The molecule has 11 rings (SSSR count). The molecule has 0 amide bonds. The molecule has 0 atom stereocenters. The molecule has 0 fully saturated rings. The van der Waals surface area contributed by atoms with Gasteiger partial charge in [-0.25, -0.2) is 0 Å². The molecule has 440 valence electrons. The fourth-order valence-corrected chi connectivity index (χ4v) is 13.8. The number of rotatable bonds is 24. The molecule has 0 aliphatic carbocycles. The van der Waals surface area contributed by atoms with E-state index < -0.39 is 0 Å². The minimum atomic E-state index is -0.107. The highest BCUT2D eigenvalue weighted by Crippen LogP contribution is 2.54. The second-order valence-corrected chi connectivity index (χ2v) is 27.2. The first-order chi connectivity index (χ1) is 41.9. The van der Waals surface area contributed by atoms with Crippen LogP contribution in [0.1, 0.15) is 186 Å². The Morgan fingerprint density at radius 3 is 1.09 bits per heavy atom. The molecular formula is C83H95BN2. The van der Waals surface area contributed by atoms with Gasteiger partial charge in [-0.3, -0.25) is 0 Å². The molecule has 0 saturated heterocycles. The minimum Gasteiger partial charge on any atom is -0.310 e. The second-order valence-electron chi connectivity index (χ2n) is 27.2. The van der Waals surface area contributed by atoms with E-state index in [1.165, 1.54) is 213 Å². The van der Waals surface area contributed by atoms with Gasteiger partial charge < -0.3 is 9.80 Å². The smallest absolute Gasteiger partial charge is 0.252 e. The molecule has 0 N–H and O–H groups in total. The Hall–Kier alpha value is -7.36. The zero-order chi connectivity index (χ0) is 59.8. The maximum absolute atomic E-state index is 2.77. The van der Waals surface area contributed by atoms with Crippen LogP contribution >= 0.6 is 0 Å². The summed E-state index contributed by atoms with van der Waals surface area (Å²) in [5.41, 5.74) is 28.4. The molecule has 0 radical (unpaired) electrons. The third-order valence-corrected chi connectivity index (χ3v) is 18.7. The number of nitrogens with zero attached hydrogens (tertiary/aromatic N) is 2. The molecule has 0 bridgehead atoms. The SMILES string of the molecule is CCCCCCCc1ccc(-c2cc(C(C)(C)C)cc(-c3ccccc3)c2N2c3ccccc3B3c4cc(CCCCCCC)ccc4N(c4c(-c5ccccc5)cc(C(C)(C)C)cc4-c4ccccc4)c4cc(CCCCCCC)cc2c43)cc1. The molecule has 3 heteroatoms. The zero-order valence-corrected chi connectivity index (χ0v) is 53.7. The fourth-order valence-electron chi connectivity index (χ4n) is 13.8. The first kappa shape index (κ1) is 60.3. The highest BCUT2D eigenvalue weighted by atomic mass is 15.2. The van der Waals surface area contributed by atoms with Gasteiger partial charge >= 0.3 is 0 Å².